The molecule has 1 heterocycles. The molecule has 1 aromatic heterocycles. The van der Waals surface area contributed by atoms with Gasteiger partial charge in [0, 0.05) is 11.1 Å². The fraction of sp³-hybridized carbons (Fsp3) is 0.0476. The van der Waals surface area contributed by atoms with E-state index in [-0.39, 0.29) is 6.03 Å². The minimum Gasteiger partial charge on any atom is -0.497 e. The number of fused-ring (bicyclic) bond motifs is 1. The van der Waals surface area contributed by atoms with Crippen molar-refractivity contribution in [3.8, 4) is 16.9 Å². The fourth-order valence-electron chi connectivity index (χ4n) is 2.86. The maximum absolute atomic E-state index is 12.3. The van der Waals surface area contributed by atoms with Gasteiger partial charge in [-0.05, 0) is 41.5 Å². The first-order valence-corrected chi connectivity index (χ1v) is 8.48. The lowest BCUT2D eigenvalue weighted by Crippen LogP contribution is -2.19. The first-order valence-electron chi connectivity index (χ1n) is 8.48. The summed E-state index contributed by atoms with van der Waals surface area (Å²) in [5.41, 5.74) is 3.74. The number of hydrogen-bond donors (Lipinski definition) is 3. The third-order valence-electron chi connectivity index (χ3n) is 4.25. The Kier molecular flexibility index (Phi) is 4.45. The smallest absolute Gasteiger partial charge is 0.324 e. The van der Waals surface area contributed by atoms with Crippen molar-refractivity contribution in [3.05, 3.63) is 72.8 Å². The van der Waals surface area contributed by atoms with Gasteiger partial charge in [0.05, 0.1) is 12.6 Å². The van der Waals surface area contributed by atoms with Crippen molar-refractivity contribution in [1.82, 2.24) is 10.2 Å². The van der Waals surface area contributed by atoms with E-state index >= 15 is 0 Å². The van der Waals surface area contributed by atoms with E-state index in [0.29, 0.717) is 17.3 Å². The van der Waals surface area contributed by atoms with Crippen molar-refractivity contribution in [2.75, 3.05) is 17.7 Å². The standard InChI is InChI=1S/C21H18N4O2/c1-27-17-11-12-19-18(13-17)20(25-24-19)23-21(26)22-16-9-7-15(8-10-16)14-5-3-2-4-6-14/h2-13H,1H3,(H3,22,23,24,25,26). The summed E-state index contributed by atoms with van der Waals surface area (Å²) < 4.78 is 5.22. The summed E-state index contributed by atoms with van der Waals surface area (Å²) >= 11 is 0. The first-order chi connectivity index (χ1) is 13.2. The number of rotatable bonds is 4. The minimum atomic E-state index is -0.362. The lowest BCUT2D eigenvalue weighted by molar-refractivity contribution is 0.262. The number of aromatic amines is 1. The van der Waals surface area contributed by atoms with E-state index in [4.69, 9.17) is 4.74 Å². The van der Waals surface area contributed by atoms with Crippen molar-refractivity contribution in [1.29, 1.82) is 0 Å². The van der Waals surface area contributed by atoms with Crippen molar-refractivity contribution >= 4 is 28.4 Å². The SMILES string of the molecule is COc1ccc2[nH]nc(NC(=O)Nc3ccc(-c4ccccc4)cc3)c2c1. The summed E-state index contributed by atoms with van der Waals surface area (Å²) in [4.78, 5) is 12.3. The topological polar surface area (TPSA) is 79.0 Å². The third kappa shape index (κ3) is 3.59. The van der Waals surface area contributed by atoms with E-state index in [1.807, 2.05) is 72.8 Å². The zero-order valence-corrected chi connectivity index (χ0v) is 14.7. The molecule has 0 spiro atoms. The molecule has 2 amide bonds. The van der Waals surface area contributed by atoms with Gasteiger partial charge in [-0.25, -0.2) is 4.79 Å². The second-order valence-electron chi connectivity index (χ2n) is 6.01. The van der Waals surface area contributed by atoms with Gasteiger partial charge in [-0.2, -0.15) is 5.10 Å². The quantitative estimate of drug-likeness (QED) is 0.486. The lowest BCUT2D eigenvalue weighted by Gasteiger charge is -2.08. The predicted octanol–water partition coefficient (Wildman–Crippen LogP) is 4.88. The summed E-state index contributed by atoms with van der Waals surface area (Å²) in [7, 11) is 1.60. The number of carbonyl (C=O) groups is 1. The van der Waals surface area contributed by atoms with Gasteiger partial charge in [0.1, 0.15) is 5.75 Å². The van der Waals surface area contributed by atoms with E-state index in [1.165, 1.54) is 0 Å². The van der Waals surface area contributed by atoms with Crippen molar-refractivity contribution < 1.29 is 9.53 Å². The van der Waals surface area contributed by atoms with E-state index in [0.717, 1.165) is 22.0 Å². The Labute approximate surface area is 156 Å². The minimum absolute atomic E-state index is 0.362. The molecule has 4 aromatic rings. The highest BCUT2D eigenvalue weighted by Crippen LogP contribution is 2.25. The Bertz CT molecular complexity index is 1070. The van der Waals surface area contributed by atoms with Crippen LogP contribution in [0.5, 0.6) is 5.75 Å². The largest absolute Gasteiger partial charge is 0.497 e. The summed E-state index contributed by atoms with van der Waals surface area (Å²) in [6.45, 7) is 0. The molecule has 0 radical (unpaired) electrons. The molecule has 0 saturated heterocycles. The van der Waals surface area contributed by atoms with E-state index in [2.05, 4.69) is 20.8 Å². The molecule has 6 heteroatoms. The van der Waals surface area contributed by atoms with E-state index in [1.54, 1.807) is 7.11 Å². The van der Waals surface area contributed by atoms with Crippen LogP contribution < -0.4 is 15.4 Å². The number of hydrogen-bond acceptors (Lipinski definition) is 3. The fourth-order valence-corrected chi connectivity index (χ4v) is 2.86. The monoisotopic (exact) mass is 358 g/mol. The number of amides is 2. The molecule has 0 aliphatic heterocycles. The van der Waals surface area contributed by atoms with Crippen LogP contribution in [-0.2, 0) is 0 Å². The molecule has 3 N–H and O–H groups in total. The van der Waals surface area contributed by atoms with Gasteiger partial charge in [-0.15, -0.1) is 0 Å². The first kappa shape index (κ1) is 16.7. The number of urea groups is 1. The highest BCUT2D eigenvalue weighted by Gasteiger charge is 2.10. The zero-order chi connectivity index (χ0) is 18.6. The van der Waals surface area contributed by atoms with Crippen molar-refractivity contribution in [2.45, 2.75) is 0 Å². The lowest BCUT2D eigenvalue weighted by atomic mass is 10.1. The van der Waals surface area contributed by atoms with Crippen LogP contribution in [0.2, 0.25) is 0 Å². The van der Waals surface area contributed by atoms with Gasteiger partial charge in [-0.3, -0.25) is 10.4 Å². The summed E-state index contributed by atoms with van der Waals surface area (Å²) in [6.07, 6.45) is 0. The molecule has 6 nitrogen and oxygen atoms in total. The number of benzene rings is 3. The number of methoxy groups -OCH3 is 1. The van der Waals surface area contributed by atoms with Gasteiger partial charge < -0.3 is 10.1 Å². The van der Waals surface area contributed by atoms with Crippen LogP contribution in [0.1, 0.15) is 0 Å². The molecule has 3 aromatic carbocycles. The molecule has 0 aliphatic carbocycles. The molecule has 134 valence electrons. The van der Waals surface area contributed by atoms with Crippen molar-refractivity contribution in [3.63, 3.8) is 0 Å². The molecule has 0 saturated carbocycles. The molecule has 27 heavy (non-hydrogen) atoms. The Morgan fingerprint density at radius 3 is 2.41 bits per heavy atom. The Morgan fingerprint density at radius 2 is 1.67 bits per heavy atom. The number of nitrogens with one attached hydrogen (secondary N) is 3. The van der Waals surface area contributed by atoms with Crippen LogP contribution in [0, 0.1) is 0 Å². The number of carbonyl (C=O) groups excluding carboxylic acids is 1. The van der Waals surface area contributed by atoms with Crippen LogP contribution in [0.25, 0.3) is 22.0 Å². The van der Waals surface area contributed by atoms with Gasteiger partial charge in [0.15, 0.2) is 5.82 Å². The normalized spacial score (nSPS) is 10.6. The van der Waals surface area contributed by atoms with Gasteiger partial charge >= 0.3 is 6.03 Å². The summed E-state index contributed by atoms with van der Waals surface area (Å²) in [6, 6.07) is 22.9. The molecule has 0 fully saturated rings. The van der Waals surface area contributed by atoms with Crippen molar-refractivity contribution in [2.24, 2.45) is 0 Å². The molecule has 4 rings (SSSR count). The molecule has 0 bridgehead atoms. The highest BCUT2D eigenvalue weighted by atomic mass is 16.5. The van der Waals surface area contributed by atoms with Gasteiger partial charge in [0.2, 0.25) is 0 Å². The van der Waals surface area contributed by atoms with E-state index < -0.39 is 0 Å². The van der Waals surface area contributed by atoms with Gasteiger partial charge in [-0.1, -0.05) is 42.5 Å². The Morgan fingerprint density at radius 1 is 0.926 bits per heavy atom. The number of anilines is 2. The van der Waals surface area contributed by atoms with Gasteiger partial charge in [0.25, 0.3) is 0 Å². The average molecular weight is 358 g/mol. The maximum atomic E-state index is 12.3. The van der Waals surface area contributed by atoms with Crippen LogP contribution >= 0.6 is 0 Å². The predicted molar refractivity (Wildman–Crippen MR) is 107 cm³/mol. The number of H-pyrrole nitrogens is 1. The molecule has 0 aliphatic rings. The Balaban J connectivity index is 1.47. The molecular formula is C21H18N4O2. The van der Waals surface area contributed by atoms with Crippen LogP contribution in [0.4, 0.5) is 16.3 Å². The summed E-state index contributed by atoms with van der Waals surface area (Å²) in [5.74, 6) is 1.14. The molecule has 0 unspecified atom stereocenters. The summed E-state index contributed by atoms with van der Waals surface area (Å²) in [5, 5.41) is 13.4. The number of aromatic nitrogens is 2. The van der Waals surface area contributed by atoms with E-state index in [9.17, 15) is 4.79 Å². The highest BCUT2D eigenvalue weighted by molar-refractivity contribution is 6.04. The molecule has 0 atom stereocenters. The maximum Gasteiger partial charge on any atom is 0.324 e. The Hall–Kier alpha value is -3.80. The number of nitrogens with zero attached hydrogens (tertiary/aromatic N) is 1. The average Bonchev–Trinajstić information content (AvgIpc) is 3.11. The third-order valence-corrected chi connectivity index (χ3v) is 4.25. The second-order valence-corrected chi connectivity index (χ2v) is 6.01. The van der Waals surface area contributed by atoms with Crippen LogP contribution in [0.3, 0.4) is 0 Å². The zero-order valence-electron chi connectivity index (χ0n) is 14.7. The second kappa shape index (κ2) is 7.21. The number of ether oxygens (including phenoxy) is 1. The van der Waals surface area contributed by atoms with Crippen LogP contribution in [0.15, 0.2) is 72.8 Å². The molecular weight excluding hydrogens is 340 g/mol. The van der Waals surface area contributed by atoms with Crippen LogP contribution in [-0.4, -0.2) is 23.3 Å².